The molecule has 0 bridgehead atoms. The van der Waals surface area contributed by atoms with E-state index in [9.17, 15) is 0 Å². The van der Waals surface area contributed by atoms with Crippen LogP contribution in [0.4, 0.5) is 17.1 Å². The first kappa shape index (κ1) is 38.7. The lowest BCUT2D eigenvalue weighted by Crippen LogP contribution is -2.28. The summed E-state index contributed by atoms with van der Waals surface area (Å²) in [6.45, 7) is 0. The Morgan fingerprint density at radius 1 is 0.338 bits per heavy atom. The normalized spacial score (nSPS) is 12.8. The van der Waals surface area contributed by atoms with Gasteiger partial charge in [0.25, 0.3) is 0 Å². The number of benzene rings is 11. The van der Waals surface area contributed by atoms with E-state index < -0.39 is 5.41 Å². The van der Waals surface area contributed by atoms with Crippen LogP contribution in [0.15, 0.2) is 253 Å². The number of para-hydroxylation sites is 1. The van der Waals surface area contributed by atoms with Crippen molar-refractivity contribution < 1.29 is 4.42 Å². The first-order chi connectivity index (χ1) is 33.7. The highest BCUT2D eigenvalue weighted by Crippen LogP contribution is 2.56. The van der Waals surface area contributed by atoms with Gasteiger partial charge in [-0.1, -0.05) is 182 Å². The van der Waals surface area contributed by atoms with Crippen LogP contribution in [0.5, 0.6) is 0 Å². The summed E-state index contributed by atoms with van der Waals surface area (Å²) in [5, 5.41) is 7.30. The van der Waals surface area contributed by atoms with Crippen molar-refractivity contribution in [3.63, 3.8) is 0 Å². The van der Waals surface area contributed by atoms with Crippen LogP contribution in [-0.4, -0.2) is 0 Å². The molecule has 2 nitrogen and oxygen atoms in total. The zero-order valence-electron chi connectivity index (χ0n) is 36.9. The summed E-state index contributed by atoms with van der Waals surface area (Å²) in [4.78, 5) is 2.40. The molecule has 0 saturated carbocycles. The number of nitrogens with zero attached hydrogens (tertiary/aromatic N) is 1. The smallest absolute Gasteiger partial charge is 0.135 e. The van der Waals surface area contributed by atoms with Gasteiger partial charge in [0.1, 0.15) is 11.2 Å². The molecule has 13 aromatic rings. The zero-order chi connectivity index (χ0) is 44.8. The maximum absolute atomic E-state index is 6.18. The molecular weight excluding hydrogens is 843 g/mol. The highest BCUT2D eigenvalue weighted by molar-refractivity contribution is 7.26. The number of fused-ring (bicyclic) bond motifs is 10. The van der Waals surface area contributed by atoms with Crippen molar-refractivity contribution in [1.29, 1.82) is 0 Å². The molecule has 14 rings (SSSR count). The Labute approximate surface area is 398 Å². The molecule has 0 fully saturated rings. The number of anilines is 3. The van der Waals surface area contributed by atoms with Crippen molar-refractivity contribution in [3.05, 3.63) is 271 Å². The van der Waals surface area contributed by atoms with Crippen LogP contribution in [0.2, 0.25) is 0 Å². The predicted octanol–water partition coefficient (Wildman–Crippen LogP) is 18.3. The molecular formula is C65H41NOS. The lowest BCUT2D eigenvalue weighted by molar-refractivity contribution is 0.669. The average Bonchev–Trinajstić information content (AvgIpc) is 4.08. The Morgan fingerprint density at radius 3 is 1.69 bits per heavy atom. The molecule has 2 aromatic heterocycles. The van der Waals surface area contributed by atoms with Crippen molar-refractivity contribution in [2.45, 2.75) is 5.41 Å². The number of rotatable bonds is 7. The van der Waals surface area contributed by atoms with Gasteiger partial charge < -0.3 is 9.32 Å². The van der Waals surface area contributed by atoms with Crippen LogP contribution < -0.4 is 4.90 Å². The first-order valence-corrected chi connectivity index (χ1v) is 24.1. The van der Waals surface area contributed by atoms with Crippen LogP contribution in [-0.2, 0) is 5.41 Å². The highest BCUT2D eigenvalue weighted by atomic mass is 32.1. The Balaban J connectivity index is 0.899. The van der Waals surface area contributed by atoms with E-state index in [-0.39, 0.29) is 0 Å². The maximum Gasteiger partial charge on any atom is 0.135 e. The number of thiophene rings is 1. The quantitative estimate of drug-likeness (QED) is 0.159. The van der Waals surface area contributed by atoms with Gasteiger partial charge in [-0.3, -0.25) is 0 Å². The summed E-state index contributed by atoms with van der Waals surface area (Å²) in [7, 11) is 0. The van der Waals surface area contributed by atoms with Crippen LogP contribution in [0.1, 0.15) is 22.3 Å². The highest BCUT2D eigenvalue weighted by Gasteiger charge is 2.45. The van der Waals surface area contributed by atoms with Gasteiger partial charge in [-0.05, 0) is 133 Å². The van der Waals surface area contributed by atoms with E-state index in [4.69, 9.17) is 4.42 Å². The van der Waals surface area contributed by atoms with Crippen LogP contribution in [0, 0.1) is 0 Å². The van der Waals surface area contributed by atoms with Crippen molar-refractivity contribution in [1.82, 2.24) is 0 Å². The summed E-state index contributed by atoms with van der Waals surface area (Å²) < 4.78 is 8.83. The summed E-state index contributed by atoms with van der Waals surface area (Å²) in [6.07, 6.45) is 0. The predicted molar refractivity (Wildman–Crippen MR) is 287 cm³/mol. The molecule has 1 aliphatic carbocycles. The van der Waals surface area contributed by atoms with E-state index in [1.165, 1.54) is 75.5 Å². The molecule has 2 heterocycles. The second-order valence-corrected chi connectivity index (χ2v) is 19.0. The van der Waals surface area contributed by atoms with E-state index in [0.717, 1.165) is 50.1 Å². The Morgan fingerprint density at radius 2 is 0.897 bits per heavy atom. The summed E-state index contributed by atoms with van der Waals surface area (Å²) in [6, 6.07) is 91.4. The zero-order valence-corrected chi connectivity index (χ0v) is 37.8. The molecule has 0 spiro atoms. The van der Waals surface area contributed by atoms with E-state index in [1.807, 2.05) is 23.5 Å². The lowest BCUT2D eigenvalue weighted by atomic mass is 9.68. The molecule has 68 heavy (non-hydrogen) atoms. The van der Waals surface area contributed by atoms with E-state index in [1.54, 1.807) is 0 Å². The third-order valence-corrected chi connectivity index (χ3v) is 15.6. The van der Waals surface area contributed by atoms with Gasteiger partial charge in [0.2, 0.25) is 0 Å². The van der Waals surface area contributed by atoms with Gasteiger partial charge in [-0.2, -0.15) is 0 Å². The second kappa shape index (κ2) is 15.3. The number of furan rings is 1. The van der Waals surface area contributed by atoms with Crippen molar-refractivity contribution in [2.24, 2.45) is 0 Å². The molecule has 0 unspecified atom stereocenters. The minimum Gasteiger partial charge on any atom is -0.456 e. The molecule has 0 saturated heterocycles. The number of hydrogen-bond donors (Lipinski definition) is 0. The minimum atomic E-state index is -0.471. The SMILES string of the molecule is c1ccc(C2(c3ccc(N(c4ccc(-c5ccc6oc7ccccc7c6c5)cc4)c4ccc5cc(-c6cccc7c6sc6ccccc67)ccc5c4)cc3)c3ccccc3-c3ccccc32)cc1. The summed E-state index contributed by atoms with van der Waals surface area (Å²) in [5.74, 6) is 0. The van der Waals surface area contributed by atoms with Crippen LogP contribution in [0.25, 0.3) is 86.3 Å². The minimum absolute atomic E-state index is 0.471. The van der Waals surface area contributed by atoms with Gasteiger partial charge in [0, 0.05) is 48.0 Å². The Bertz CT molecular complexity index is 4040. The molecule has 0 N–H and O–H groups in total. The molecule has 0 amide bonds. The van der Waals surface area contributed by atoms with Gasteiger partial charge in [-0.25, -0.2) is 0 Å². The monoisotopic (exact) mass is 883 g/mol. The molecule has 318 valence electrons. The van der Waals surface area contributed by atoms with Gasteiger partial charge >= 0.3 is 0 Å². The van der Waals surface area contributed by atoms with Crippen LogP contribution in [0.3, 0.4) is 0 Å². The Kier molecular flexibility index (Phi) is 8.71. The van der Waals surface area contributed by atoms with Gasteiger partial charge in [0.15, 0.2) is 0 Å². The topological polar surface area (TPSA) is 16.4 Å². The average molecular weight is 884 g/mol. The molecule has 0 aliphatic heterocycles. The third-order valence-electron chi connectivity index (χ3n) is 14.4. The standard InChI is InChI=1S/C65H41NOS/c1-2-13-47(14-3-1)65(59-21-8-4-15-53(59)54-16-5-9-22-60(54)65)48-31-36-50(37-32-48)66(49-33-27-42(28-34-49)45-30-38-62-58(41-45)55-17-6-10-23-61(55)67-62)51-35-29-43-39-46(26-25-44(43)40-51)52-19-12-20-57-56-18-7-11-24-63(56)68-64(52)57/h1-41H. The second-order valence-electron chi connectivity index (χ2n) is 18.0. The van der Waals surface area contributed by atoms with Crippen molar-refractivity contribution >= 4 is 81.3 Å². The molecule has 1 aliphatic rings. The van der Waals surface area contributed by atoms with E-state index >= 15 is 0 Å². The van der Waals surface area contributed by atoms with Crippen molar-refractivity contribution in [2.75, 3.05) is 4.90 Å². The fourth-order valence-corrected chi connectivity index (χ4v) is 12.5. The number of hydrogen-bond acceptors (Lipinski definition) is 3. The largest absolute Gasteiger partial charge is 0.456 e. The first-order valence-electron chi connectivity index (χ1n) is 23.3. The van der Waals surface area contributed by atoms with Crippen molar-refractivity contribution in [3.8, 4) is 33.4 Å². The fourth-order valence-electron chi connectivity index (χ4n) is 11.2. The summed E-state index contributed by atoms with van der Waals surface area (Å²) in [5.41, 5.74) is 17.1. The van der Waals surface area contributed by atoms with Crippen LogP contribution >= 0.6 is 11.3 Å². The summed E-state index contributed by atoms with van der Waals surface area (Å²) >= 11 is 1.88. The van der Waals surface area contributed by atoms with Gasteiger partial charge in [0.05, 0.1) is 5.41 Å². The lowest BCUT2D eigenvalue weighted by Gasteiger charge is -2.34. The maximum atomic E-state index is 6.18. The van der Waals surface area contributed by atoms with E-state index in [2.05, 4.69) is 241 Å². The van der Waals surface area contributed by atoms with E-state index in [0.29, 0.717) is 0 Å². The molecule has 11 aromatic carbocycles. The molecule has 0 atom stereocenters. The van der Waals surface area contributed by atoms with Gasteiger partial charge in [-0.15, -0.1) is 11.3 Å². The molecule has 3 heteroatoms. The third kappa shape index (κ3) is 5.89. The Hall–Kier alpha value is -8.50. The molecule has 0 radical (unpaired) electrons. The fraction of sp³-hybridized carbons (Fsp3) is 0.0154.